The van der Waals surface area contributed by atoms with Crippen molar-refractivity contribution < 1.29 is 0 Å². The topological polar surface area (TPSA) is 41.9 Å². The maximum absolute atomic E-state index is 4.29. The van der Waals surface area contributed by atoms with Crippen LogP contribution in [-0.4, -0.2) is 27.0 Å². The van der Waals surface area contributed by atoms with E-state index < -0.39 is 0 Å². The van der Waals surface area contributed by atoms with Gasteiger partial charge in [-0.1, -0.05) is 20.8 Å². The van der Waals surface area contributed by atoms with Gasteiger partial charge in [-0.15, -0.1) is 0 Å². The molecule has 1 aromatic heterocycles. The van der Waals surface area contributed by atoms with E-state index in [1.165, 1.54) is 6.42 Å². The van der Waals surface area contributed by atoms with Crippen molar-refractivity contribution in [2.24, 2.45) is 11.3 Å². The van der Waals surface area contributed by atoms with Crippen LogP contribution in [0.5, 0.6) is 0 Å². The Morgan fingerprint density at radius 2 is 1.76 bits per heavy atom. The van der Waals surface area contributed by atoms with Gasteiger partial charge in [0, 0.05) is 12.1 Å². The third kappa shape index (κ3) is 1.79. The van der Waals surface area contributed by atoms with Crippen LogP contribution >= 0.6 is 0 Å². The molecule has 0 bridgehead atoms. The van der Waals surface area contributed by atoms with Gasteiger partial charge in [-0.25, -0.2) is 15.0 Å². The molecule has 1 fully saturated rings. The van der Waals surface area contributed by atoms with Gasteiger partial charge >= 0.3 is 0 Å². The standard InChI is InChI=1S/C13H22N4/c1-10-6-7-17(11-15-8-14-9-16-11)13(4,5)12(10,2)3/h8-10H,6-7H2,1-5H3. The lowest BCUT2D eigenvalue weighted by atomic mass is 9.62. The summed E-state index contributed by atoms with van der Waals surface area (Å²) in [6, 6.07) is 0. The first-order chi connectivity index (χ1) is 7.87. The van der Waals surface area contributed by atoms with Crippen LogP contribution in [0, 0.1) is 11.3 Å². The molecule has 4 heteroatoms. The first-order valence-electron chi connectivity index (χ1n) is 6.27. The van der Waals surface area contributed by atoms with Gasteiger partial charge in [0.25, 0.3) is 0 Å². The van der Waals surface area contributed by atoms with E-state index in [0.717, 1.165) is 12.5 Å². The second-order valence-corrected chi connectivity index (χ2v) is 6.06. The first-order valence-corrected chi connectivity index (χ1v) is 6.27. The Balaban J connectivity index is 2.37. The Kier molecular flexibility index (Phi) is 2.84. The van der Waals surface area contributed by atoms with E-state index >= 15 is 0 Å². The molecule has 2 heterocycles. The Bertz CT molecular complexity index is 386. The third-order valence-corrected chi connectivity index (χ3v) is 4.99. The molecule has 0 aromatic carbocycles. The zero-order chi connectivity index (χ0) is 12.7. The Morgan fingerprint density at radius 3 is 2.35 bits per heavy atom. The summed E-state index contributed by atoms with van der Waals surface area (Å²) >= 11 is 0. The largest absolute Gasteiger partial charge is 0.335 e. The van der Waals surface area contributed by atoms with Crippen molar-refractivity contribution in [1.82, 2.24) is 15.0 Å². The quantitative estimate of drug-likeness (QED) is 0.749. The monoisotopic (exact) mass is 234 g/mol. The van der Waals surface area contributed by atoms with Crippen LogP contribution in [0.3, 0.4) is 0 Å². The lowest BCUT2D eigenvalue weighted by Gasteiger charge is -2.56. The summed E-state index contributed by atoms with van der Waals surface area (Å²) in [5.74, 6) is 1.50. The molecule has 1 aliphatic rings. The number of rotatable bonds is 1. The van der Waals surface area contributed by atoms with Crippen molar-refractivity contribution in [3.63, 3.8) is 0 Å². The van der Waals surface area contributed by atoms with Crippen LogP contribution in [0.25, 0.3) is 0 Å². The molecule has 94 valence electrons. The SMILES string of the molecule is CC1CCN(c2ncncn2)C(C)(C)C1(C)C. The molecule has 4 nitrogen and oxygen atoms in total. The fourth-order valence-corrected chi connectivity index (χ4v) is 2.64. The van der Waals surface area contributed by atoms with Gasteiger partial charge in [-0.3, -0.25) is 0 Å². The van der Waals surface area contributed by atoms with Crippen molar-refractivity contribution in [2.45, 2.75) is 46.6 Å². The molecule has 1 aliphatic heterocycles. The van der Waals surface area contributed by atoms with Crippen molar-refractivity contribution in [3.8, 4) is 0 Å². The highest BCUT2D eigenvalue weighted by Crippen LogP contribution is 2.47. The lowest BCUT2D eigenvalue weighted by molar-refractivity contribution is 0.0733. The van der Waals surface area contributed by atoms with Crippen LogP contribution < -0.4 is 4.90 Å². The van der Waals surface area contributed by atoms with Gasteiger partial charge in [-0.05, 0) is 31.6 Å². The molecule has 1 atom stereocenters. The van der Waals surface area contributed by atoms with E-state index in [2.05, 4.69) is 54.5 Å². The fourth-order valence-electron chi connectivity index (χ4n) is 2.64. The Labute approximate surface area is 103 Å². The number of hydrogen-bond acceptors (Lipinski definition) is 4. The summed E-state index contributed by atoms with van der Waals surface area (Å²) in [7, 11) is 0. The Morgan fingerprint density at radius 1 is 1.18 bits per heavy atom. The van der Waals surface area contributed by atoms with Crippen molar-refractivity contribution >= 4 is 5.95 Å². The number of piperidine rings is 1. The van der Waals surface area contributed by atoms with Gasteiger partial charge in [0.1, 0.15) is 12.7 Å². The van der Waals surface area contributed by atoms with Crippen molar-refractivity contribution in [1.29, 1.82) is 0 Å². The van der Waals surface area contributed by atoms with E-state index in [9.17, 15) is 0 Å². The van der Waals surface area contributed by atoms with E-state index in [1.807, 2.05) is 0 Å². The van der Waals surface area contributed by atoms with Crippen LogP contribution in [0.4, 0.5) is 5.95 Å². The highest BCUT2D eigenvalue weighted by Gasteiger charge is 2.49. The van der Waals surface area contributed by atoms with E-state index in [-0.39, 0.29) is 11.0 Å². The van der Waals surface area contributed by atoms with Gasteiger partial charge in [0.15, 0.2) is 0 Å². The van der Waals surface area contributed by atoms with Crippen LogP contribution in [-0.2, 0) is 0 Å². The maximum Gasteiger partial charge on any atom is 0.228 e. The Hall–Kier alpha value is -1.19. The maximum atomic E-state index is 4.29. The average molecular weight is 234 g/mol. The van der Waals surface area contributed by atoms with E-state index in [4.69, 9.17) is 0 Å². The molecule has 0 aliphatic carbocycles. The molecule has 1 unspecified atom stereocenters. The van der Waals surface area contributed by atoms with Crippen LogP contribution in [0.2, 0.25) is 0 Å². The molecule has 2 rings (SSSR count). The average Bonchev–Trinajstić information content (AvgIpc) is 2.28. The highest BCUT2D eigenvalue weighted by molar-refractivity contribution is 5.36. The third-order valence-electron chi connectivity index (χ3n) is 4.99. The zero-order valence-corrected chi connectivity index (χ0v) is 11.4. The summed E-state index contributed by atoms with van der Waals surface area (Å²) in [4.78, 5) is 14.8. The normalized spacial score (nSPS) is 26.9. The molecular formula is C13H22N4. The molecule has 0 saturated carbocycles. The van der Waals surface area contributed by atoms with Gasteiger partial charge < -0.3 is 4.90 Å². The number of nitrogens with zero attached hydrogens (tertiary/aromatic N) is 4. The van der Waals surface area contributed by atoms with E-state index in [1.54, 1.807) is 12.7 Å². The molecule has 1 aromatic rings. The smallest absolute Gasteiger partial charge is 0.228 e. The minimum atomic E-state index is 0.0476. The van der Waals surface area contributed by atoms with E-state index in [0.29, 0.717) is 5.92 Å². The first kappa shape index (κ1) is 12.3. The predicted octanol–water partition coefficient (Wildman–Crippen LogP) is 2.52. The second kappa shape index (κ2) is 3.93. The number of anilines is 1. The summed E-state index contributed by atoms with van der Waals surface area (Å²) < 4.78 is 0. The molecule has 0 amide bonds. The van der Waals surface area contributed by atoms with Gasteiger partial charge in [0.05, 0.1) is 0 Å². The summed E-state index contributed by atoms with van der Waals surface area (Å²) in [6.07, 6.45) is 4.33. The second-order valence-electron chi connectivity index (χ2n) is 6.06. The van der Waals surface area contributed by atoms with Crippen LogP contribution in [0.1, 0.15) is 41.0 Å². The molecule has 17 heavy (non-hydrogen) atoms. The minimum Gasteiger partial charge on any atom is -0.335 e. The molecule has 0 N–H and O–H groups in total. The number of aromatic nitrogens is 3. The van der Waals surface area contributed by atoms with Crippen molar-refractivity contribution in [2.75, 3.05) is 11.4 Å². The van der Waals surface area contributed by atoms with Crippen molar-refractivity contribution in [3.05, 3.63) is 12.7 Å². The summed E-state index contributed by atoms with van der Waals surface area (Å²) in [5, 5.41) is 0. The highest BCUT2D eigenvalue weighted by atomic mass is 15.3. The van der Waals surface area contributed by atoms with Gasteiger partial charge in [-0.2, -0.15) is 0 Å². The molecule has 0 spiro atoms. The zero-order valence-electron chi connectivity index (χ0n) is 11.4. The fraction of sp³-hybridized carbons (Fsp3) is 0.769. The molecule has 1 saturated heterocycles. The predicted molar refractivity (Wildman–Crippen MR) is 68.8 cm³/mol. The molecular weight excluding hydrogens is 212 g/mol. The van der Waals surface area contributed by atoms with Gasteiger partial charge in [0.2, 0.25) is 5.95 Å². The summed E-state index contributed by atoms with van der Waals surface area (Å²) in [5.41, 5.74) is 0.282. The summed E-state index contributed by atoms with van der Waals surface area (Å²) in [6.45, 7) is 12.6. The minimum absolute atomic E-state index is 0.0476. The van der Waals surface area contributed by atoms with Crippen LogP contribution in [0.15, 0.2) is 12.7 Å². The molecule has 0 radical (unpaired) electrons. The lowest BCUT2D eigenvalue weighted by Crippen LogP contribution is -2.61. The number of hydrogen-bond donors (Lipinski definition) is 0.